The summed E-state index contributed by atoms with van der Waals surface area (Å²) in [6.07, 6.45) is 8.30. The third kappa shape index (κ3) is 9.69. The van der Waals surface area contributed by atoms with Crippen molar-refractivity contribution in [3.63, 3.8) is 0 Å². The molecule has 0 bridgehead atoms. The molecule has 0 saturated carbocycles. The molecule has 1 heterocycles. The number of rotatable bonds is 18. The molecule has 0 saturated heterocycles. The standard InChI is InChI=1S/C38H46N4O4/c1-4-7-11-35-36(33-26-31(18-21-34(33)46-35)41-38(44)40-30-16-12-28(27-39)13-17-30)37(43)29-14-19-32(20-15-29)45-25-10-24-42(22-8-5-2)23-9-6-3/h12-21,26H,4-11,22-25H2,1-3H3,(H2,40,41,44). The van der Waals surface area contributed by atoms with Gasteiger partial charge in [-0.3, -0.25) is 4.79 Å². The number of aryl methyl sites for hydroxylation is 1. The molecule has 2 N–H and O–H groups in total. The number of nitrogens with zero attached hydrogens (tertiary/aromatic N) is 2. The van der Waals surface area contributed by atoms with Crippen molar-refractivity contribution in [2.24, 2.45) is 0 Å². The number of unbranched alkanes of at least 4 members (excludes halogenated alkanes) is 3. The van der Waals surface area contributed by atoms with Crippen LogP contribution in [-0.2, 0) is 6.42 Å². The van der Waals surface area contributed by atoms with Gasteiger partial charge in [-0.25, -0.2) is 4.79 Å². The molecule has 3 aromatic carbocycles. The van der Waals surface area contributed by atoms with Gasteiger partial charge in [-0.15, -0.1) is 0 Å². The number of hydrogen-bond acceptors (Lipinski definition) is 6. The first-order valence-electron chi connectivity index (χ1n) is 16.6. The molecule has 8 heteroatoms. The van der Waals surface area contributed by atoms with Crippen LogP contribution in [0.3, 0.4) is 0 Å². The maximum absolute atomic E-state index is 13.9. The van der Waals surface area contributed by atoms with Crippen LogP contribution < -0.4 is 15.4 Å². The highest BCUT2D eigenvalue weighted by Crippen LogP contribution is 2.32. The van der Waals surface area contributed by atoms with E-state index in [1.807, 2.05) is 24.3 Å². The van der Waals surface area contributed by atoms with Gasteiger partial charge >= 0.3 is 6.03 Å². The van der Waals surface area contributed by atoms with Gasteiger partial charge in [-0.05, 0) is 106 Å². The van der Waals surface area contributed by atoms with Crippen LogP contribution in [0.2, 0.25) is 0 Å². The number of hydrogen-bond donors (Lipinski definition) is 2. The van der Waals surface area contributed by atoms with Crippen LogP contribution in [0.1, 0.15) is 93.0 Å². The van der Waals surface area contributed by atoms with Gasteiger partial charge in [-0.2, -0.15) is 5.26 Å². The van der Waals surface area contributed by atoms with Gasteiger partial charge in [-0.1, -0.05) is 40.0 Å². The molecule has 2 amide bonds. The molecule has 46 heavy (non-hydrogen) atoms. The minimum atomic E-state index is -0.433. The number of carbonyl (C=O) groups is 2. The van der Waals surface area contributed by atoms with E-state index in [1.54, 1.807) is 42.5 Å². The first-order valence-corrected chi connectivity index (χ1v) is 16.6. The minimum Gasteiger partial charge on any atom is -0.494 e. The number of fused-ring (bicyclic) bond motifs is 1. The topological polar surface area (TPSA) is 108 Å². The number of anilines is 2. The molecule has 0 aliphatic carbocycles. The van der Waals surface area contributed by atoms with Gasteiger partial charge in [0.25, 0.3) is 0 Å². The summed E-state index contributed by atoms with van der Waals surface area (Å²) in [5, 5.41) is 15.3. The Morgan fingerprint density at radius 1 is 0.804 bits per heavy atom. The summed E-state index contributed by atoms with van der Waals surface area (Å²) in [6.45, 7) is 10.5. The van der Waals surface area contributed by atoms with Crippen molar-refractivity contribution < 1.29 is 18.7 Å². The minimum absolute atomic E-state index is 0.127. The summed E-state index contributed by atoms with van der Waals surface area (Å²) >= 11 is 0. The van der Waals surface area contributed by atoms with Gasteiger partial charge < -0.3 is 24.7 Å². The average molecular weight is 623 g/mol. The lowest BCUT2D eigenvalue weighted by atomic mass is 9.98. The van der Waals surface area contributed by atoms with E-state index in [0.717, 1.165) is 44.6 Å². The van der Waals surface area contributed by atoms with E-state index in [1.165, 1.54) is 25.7 Å². The Bertz CT molecular complexity index is 1590. The van der Waals surface area contributed by atoms with Crippen molar-refractivity contribution in [3.05, 3.63) is 89.2 Å². The van der Waals surface area contributed by atoms with Crippen LogP contribution in [0.25, 0.3) is 11.0 Å². The lowest BCUT2D eigenvalue weighted by Crippen LogP contribution is -2.28. The lowest BCUT2D eigenvalue weighted by Gasteiger charge is -2.21. The molecule has 0 fully saturated rings. The van der Waals surface area contributed by atoms with Crippen LogP contribution >= 0.6 is 0 Å². The van der Waals surface area contributed by atoms with E-state index >= 15 is 0 Å². The van der Waals surface area contributed by atoms with Crippen molar-refractivity contribution in [3.8, 4) is 11.8 Å². The number of furan rings is 1. The number of carbonyl (C=O) groups excluding carboxylic acids is 2. The normalized spacial score (nSPS) is 11.0. The van der Waals surface area contributed by atoms with E-state index in [-0.39, 0.29) is 5.78 Å². The lowest BCUT2D eigenvalue weighted by molar-refractivity contribution is 0.103. The van der Waals surface area contributed by atoms with E-state index in [0.29, 0.717) is 57.8 Å². The largest absolute Gasteiger partial charge is 0.494 e. The first kappa shape index (κ1) is 34.3. The number of amides is 2. The predicted molar refractivity (Wildman–Crippen MR) is 185 cm³/mol. The molecule has 0 spiro atoms. The highest BCUT2D eigenvalue weighted by molar-refractivity contribution is 6.17. The molecule has 1 aromatic heterocycles. The summed E-state index contributed by atoms with van der Waals surface area (Å²) in [6, 6.07) is 20.9. The van der Waals surface area contributed by atoms with Gasteiger partial charge in [0.15, 0.2) is 5.78 Å². The van der Waals surface area contributed by atoms with E-state index in [2.05, 4.69) is 42.4 Å². The zero-order valence-corrected chi connectivity index (χ0v) is 27.4. The Morgan fingerprint density at radius 2 is 1.43 bits per heavy atom. The smallest absolute Gasteiger partial charge is 0.323 e. The maximum Gasteiger partial charge on any atom is 0.323 e. The molecule has 4 aromatic rings. The molecule has 242 valence electrons. The van der Waals surface area contributed by atoms with E-state index < -0.39 is 6.03 Å². The van der Waals surface area contributed by atoms with Crippen molar-refractivity contribution in [1.29, 1.82) is 5.26 Å². The first-order chi connectivity index (χ1) is 22.4. The third-order valence-electron chi connectivity index (χ3n) is 7.93. The Balaban J connectivity index is 1.44. The fourth-order valence-corrected chi connectivity index (χ4v) is 5.33. The van der Waals surface area contributed by atoms with Crippen molar-refractivity contribution in [2.45, 2.75) is 72.1 Å². The monoisotopic (exact) mass is 622 g/mol. The summed E-state index contributed by atoms with van der Waals surface area (Å²) in [7, 11) is 0. The van der Waals surface area contributed by atoms with Crippen LogP contribution in [0, 0.1) is 11.3 Å². The van der Waals surface area contributed by atoms with E-state index in [9.17, 15) is 9.59 Å². The van der Waals surface area contributed by atoms with Gasteiger partial charge in [0.05, 0.1) is 23.8 Å². The Labute approximate surface area is 272 Å². The number of ketones is 1. The molecule has 4 rings (SSSR count). The molecular weight excluding hydrogens is 576 g/mol. The Kier molecular flexibility index (Phi) is 13.2. The highest BCUT2D eigenvalue weighted by Gasteiger charge is 2.22. The Hall–Kier alpha value is -4.61. The van der Waals surface area contributed by atoms with Crippen molar-refractivity contribution >= 4 is 34.2 Å². The third-order valence-corrected chi connectivity index (χ3v) is 7.93. The Morgan fingerprint density at radius 3 is 2.09 bits per heavy atom. The van der Waals surface area contributed by atoms with Crippen LogP contribution in [0.5, 0.6) is 5.75 Å². The fourth-order valence-electron chi connectivity index (χ4n) is 5.33. The second-order valence-corrected chi connectivity index (χ2v) is 11.6. The summed E-state index contributed by atoms with van der Waals surface area (Å²) < 4.78 is 12.2. The van der Waals surface area contributed by atoms with Crippen molar-refractivity contribution in [2.75, 3.05) is 36.9 Å². The number of nitrogens with one attached hydrogen (secondary N) is 2. The zero-order valence-electron chi connectivity index (χ0n) is 27.4. The molecule has 0 atom stereocenters. The summed E-state index contributed by atoms with van der Waals surface area (Å²) in [5.74, 6) is 1.27. The number of benzene rings is 3. The molecule has 8 nitrogen and oxygen atoms in total. The highest BCUT2D eigenvalue weighted by atomic mass is 16.5. The fraction of sp³-hybridized carbons (Fsp3) is 0.395. The molecule has 0 aliphatic heterocycles. The number of nitriles is 1. The van der Waals surface area contributed by atoms with Crippen LogP contribution in [0.4, 0.5) is 16.2 Å². The summed E-state index contributed by atoms with van der Waals surface area (Å²) in [5.41, 5.74) is 3.27. The van der Waals surface area contributed by atoms with Gasteiger partial charge in [0, 0.05) is 35.3 Å². The summed E-state index contributed by atoms with van der Waals surface area (Å²) in [4.78, 5) is 29.2. The van der Waals surface area contributed by atoms with Crippen LogP contribution in [-0.4, -0.2) is 43.0 Å². The number of urea groups is 1. The van der Waals surface area contributed by atoms with Crippen molar-refractivity contribution in [1.82, 2.24) is 4.90 Å². The molecule has 0 radical (unpaired) electrons. The number of ether oxygens (including phenoxy) is 1. The van der Waals surface area contributed by atoms with Crippen LogP contribution in [0.15, 0.2) is 71.1 Å². The SMILES string of the molecule is CCCCc1oc2ccc(NC(=O)Nc3ccc(C#N)cc3)cc2c1C(=O)c1ccc(OCCCN(CCCC)CCCC)cc1. The van der Waals surface area contributed by atoms with E-state index in [4.69, 9.17) is 14.4 Å². The molecular formula is C38H46N4O4. The molecule has 0 unspecified atom stereocenters. The second kappa shape index (κ2) is 17.8. The quantitative estimate of drug-likeness (QED) is 0.0846. The van der Waals surface area contributed by atoms with Gasteiger partial charge in [0.2, 0.25) is 0 Å². The maximum atomic E-state index is 13.9. The predicted octanol–water partition coefficient (Wildman–Crippen LogP) is 9.19. The second-order valence-electron chi connectivity index (χ2n) is 11.6. The zero-order chi connectivity index (χ0) is 32.7. The molecule has 0 aliphatic rings. The average Bonchev–Trinajstić information content (AvgIpc) is 3.44. The van der Waals surface area contributed by atoms with Gasteiger partial charge in [0.1, 0.15) is 17.1 Å².